The lowest BCUT2D eigenvalue weighted by Crippen LogP contribution is -2.45. The normalized spacial score (nSPS) is 15.1. The van der Waals surface area contributed by atoms with Gasteiger partial charge in [-0.05, 0) is 12.1 Å². The first kappa shape index (κ1) is 17.8. The molecule has 0 aliphatic rings. The zero-order valence-corrected chi connectivity index (χ0v) is 13.0. The Morgan fingerprint density at radius 3 is 2.54 bits per heavy atom. The van der Waals surface area contributed by atoms with E-state index >= 15 is 0 Å². The first-order valence-corrected chi connectivity index (χ1v) is 7.13. The van der Waals surface area contributed by atoms with E-state index in [1.54, 1.807) is 24.3 Å². The monoisotopic (exact) mass is 341 g/mol. The number of aromatic nitrogens is 2. The Morgan fingerprint density at radius 2 is 2.00 bits per heavy atom. The van der Waals surface area contributed by atoms with Crippen molar-refractivity contribution in [2.45, 2.75) is 18.2 Å². The van der Waals surface area contributed by atoms with Crippen molar-refractivity contribution in [2.24, 2.45) is 17.8 Å². The van der Waals surface area contributed by atoms with Gasteiger partial charge in [0.25, 0.3) is 0 Å². The largest absolute Gasteiger partial charge is 0.424 e. The third kappa shape index (κ3) is 3.85. The number of benzene rings is 1. The molecule has 2 aromatic rings. The Hall–Kier alpha value is -2.55. The first-order chi connectivity index (χ1) is 11.2. The molecule has 1 heterocycles. The van der Waals surface area contributed by atoms with E-state index in [-0.39, 0.29) is 12.5 Å². The van der Waals surface area contributed by atoms with Crippen molar-refractivity contribution in [2.75, 3.05) is 11.9 Å². The van der Waals surface area contributed by atoms with Crippen molar-refractivity contribution < 1.29 is 18.3 Å². The number of hydrogen-bond donors (Lipinski definition) is 3. The van der Waals surface area contributed by atoms with Crippen LogP contribution in [-0.4, -0.2) is 33.3 Å². The van der Waals surface area contributed by atoms with Crippen molar-refractivity contribution >= 4 is 11.6 Å². The number of guanidine groups is 1. The molecule has 1 aromatic heterocycles. The number of nitrogens with two attached hydrogens (primary N) is 1. The average Bonchev–Trinajstić information content (AvgIpc) is 2.93. The van der Waals surface area contributed by atoms with Gasteiger partial charge in [-0.15, -0.1) is 0 Å². The van der Waals surface area contributed by atoms with Crippen LogP contribution in [0.2, 0.25) is 0 Å². The van der Waals surface area contributed by atoms with Gasteiger partial charge in [-0.2, -0.15) is 13.2 Å². The number of rotatable bonds is 5. The Kier molecular flexibility index (Phi) is 5.13. The maximum Gasteiger partial charge on any atom is 0.424 e. The number of para-hydroxylation sites is 1. The number of halogens is 3. The van der Waals surface area contributed by atoms with Crippen LogP contribution in [0, 0.1) is 0 Å². The van der Waals surface area contributed by atoms with E-state index in [1.807, 2.05) is 6.07 Å². The lowest BCUT2D eigenvalue weighted by atomic mass is 9.98. The summed E-state index contributed by atoms with van der Waals surface area (Å²) >= 11 is 0. The summed E-state index contributed by atoms with van der Waals surface area (Å²) in [6, 6.07) is 8.84. The second-order valence-corrected chi connectivity index (χ2v) is 5.23. The minimum absolute atomic E-state index is 0.0365. The molecule has 2 rings (SSSR count). The standard InChI is InChI=1S/C15H18F3N5O/c1-23-10-9-20-12(23)14(24,15(16,17)18)7-8-21-13(19)22-11-5-3-2-4-6-11/h2-6,9-10,24H,7-8H2,1H3,(H3,19,21,22). The molecule has 1 atom stereocenters. The summed E-state index contributed by atoms with van der Waals surface area (Å²) in [5.74, 6) is -0.523. The molecule has 0 amide bonds. The number of aliphatic imine (C=N–C) groups is 1. The van der Waals surface area contributed by atoms with Crippen LogP contribution in [0.3, 0.4) is 0 Å². The van der Waals surface area contributed by atoms with Crippen LogP contribution in [0.5, 0.6) is 0 Å². The topological polar surface area (TPSA) is 88.5 Å². The SMILES string of the molecule is Cn1ccnc1C(O)(CCN=C(N)Nc1ccccc1)C(F)(F)F. The van der Waals surface area contributed by atoms with Crippen molar-refractivity contribution in [3.8, 4) is 0 Å². The van der Waals surface area contributed by atoms with Crippen LogP contribution in [0.15, 0.2) is 47.7 Å². The van der Waals surface area contributed by atoms with Gasteiger partial charge in [0.05, 0.1) is 0 Å². The van der Waals surface area contributed by atoms with Gasteiger partial charge in [0.2, 0.25) is 5.60 Å². The Morgan fingerprint density at radius 1 is 1.33 bits per heavy atom. The van der Waals surface area contributed by atoms with Crippen LogP contribution in [-0.2, 0) is 12.6 Å². The van der Waals surface area contributed by atoms with Crippen LogP contribution >= 0.6 is 0 Å². The molecular formula is C15H18F3N5O. The smallest absolute Gasteiger partial charge is 0.374 e. The number of imidazole rings is 1. The molecule has 4 N–H and O–H groups in total. The molecule has 0 spiro atoms. The Bertz CT molecular complexity index is 699. The zero-order chi connectivity index (χ0) is 17.8. The van der Waals surface area contributed by atoms with Crippen molar-refractivity contribution in [1.82, 2.24) is 9.55 Å². The third-order valence-electron chi connectivity index (χ3n) is 3.46. The van der Waals surface area contributed by atoms with E-state index in [4.69, 9.17) is 5.73 Å². The van der Waals surface area contributed by atoms with E-state index in [0.717, 1.165) is 4.57 Å². The van der Waals surface area contributed by atoms with Crippen molar-refractivity contribution in [3.63, 3.8) is 0 Å². The van der Waals surface area contributed by atoms with Crippen LogP contribution in [0.4, 0.5) is 18.9 Å². The molecule has 6 nitrogen and oxygen atoms in total. The number of nitrogens with one attached hydrogen (secondary N) is 1. The second kappa shape index (κ2) is 6.91. The number of aliphatic hydroxyl groups is 1. The summed E-state index contributed by atoms with van der Waals surface area (Å²) in [5, 5.41) is 12.9. The van der Waals surface area contributed by atoms with Gasteiger partial charge in [0, 0.05) is 38.1 Å². The zero-order valence-electron chi connectivity index (χ0n) is 13.0. The fourth-order valence-electron chi connectivity index (χ4n) is 2.19. The van der Waals surface area contributed by atoms with Gasteiger partial charge >= 0.3 is 6.18 Å². The molecule has 0 radical (unpaired) electrons. The predicted octanol–water partition coefficient (Wildman–Crippen LogP) is 1.99. The Balaban J connectivity index is 2.09. The van der Waals surface area contributed by atoms with Gasteiger partial charge in [-0.3, -0.25) is 4.99 Å². The van der Waals surface area contributed by atoms with Gasteiger partial charge < -0.3 is 20.7 Å². The highest BCUT2D eigenvalue weighted by atomic mass is 19.4. The summed E-state index contributed by atoms with van der Waals surface area (Å²) in [4.78, 5) is 7.46. The van der Waals surface area contributed by atoms with Gasteiger partial charge in [-0.25, -0.2) is 4.98 Å². The number of alkyl halides is 3. The molecule has 1 unspecified atom stereocenters. The van der Waals surface area contributed by atoms with E-state index in [0.29, 0.717) is 5.69 Å². The fraction of sp³-hybridized carbons (Fsp3) is 0.333. The minimum Gasteiger partial charge on any atom is -0.374 e. The maximum absolute atomic E-state index is 13.3. The van der Waals surface area contributed by atoms with Gasteiger partial charge in [0.1, 0.15) is 5.82 Å². The predicted molar refractivity (Wildman–Crippen MR) is 84.3 cm³/mol. The molecule has 0 saturated carbocycles. The number of anilines is 1. The summed E-state index contributed by atoms with van der Waals surface area (Å²) in [5.41, 5.74) is 3.21. The van der Waals surface area contributed by atoms with E-state index in [9.17, 15) is 18.3 Å². The molecule has 9 heteroatoms. The lowest BCUT2D eigenvalue weighted by Gasteiger charge is -2.29. The van der Waals surface area contributed by atoms with Crippen LogP contribution < -0.4 is 11.1 Å². The number of aryl methyl sites for hydroxylation is 1. The van der Waals surface area contributed by atoms with E-state index < -0.39 is 24.0 Å². The lowest BCUT2D eigenvalue weighted by molar-refractivity contribution is -0.272. The number of nitrogens with zero attached hydrogens (tertiary/aromatic N) is 3. The summed E-state index contributed by atoms with van der Waals surface area (Å²) < 4.78 is 41.1. The quantitative estimate of drug-likeness (QED) is 0.573. The summed E-state index contributed by atoms with van der Waals surface area (Å²) in [6.45, 7) is -0.325. The molecule has 0 aliphatic heterocycles. The van der Waals surface area contributed by atoms with Gasteiger partial charge in [-0.1, -0.05) is 18.2 Å². The average molecular weight is 341 g/mol. The van der Waals surface area contributed by atoms with Crippen molar-refractivity contribution in [1.29, 1.82) is 0 Å². The van der Waals surface area contributed by atoms with E-state index in [2.05, 4.69) is 15.3 Å². The molecule has 24 heavy (non-hydrogen) atoms. The Labute approximate surface area is 136 Å². The molecule has 1 aromatic carbocycles. The molecule has 0 aliphatic carbocycles. The van der Waals surface area contributed by atoms with Crippen LogP contribution in [0.1, 0.15) is 12.2 Å². The highest BCUT2D eigenvalue weighted by Gasteiger charge is 2.57. The molecule has 0 bridgehead atoms. The molecule has 0 fully saturated rings. The third-order valence-corrected chi connectivity index (χ3v) is 3.46. The molecule has 0 saturated heterocycles. The maximum atomic E-state index is 13.3. The molecular weight excluding hydrogens is 323 g/mol. The number of hydrogen-bond acceptors (Lipinski definition) is 3. The summed E-state index contributed by atoms with van der Waals surface area (Å²) in [7, 11) is 1.38. The van der Waals surface area contributed by atoms with Crippen LogP contribution in [0.25, 0.3) is 0 Å². The fourth-order valence-corrected chi connectivity index (χ4v) is 2.19. The highest BCUT2D eigenvalue weighted by molar-refractivity contribution is 5.92. The summed E-state index contributed by atoms with van der Waals surface area (Å²) in [6.07, 6.45) is -3.05. The highest BCUT2D eigenvalue weighted by Crippen LogP contribution is 2.40. The first-order valence-electron chi connectivity index (χ1n) is 7.13. The second-order valence-electron chi connectivity index (χ2n) is 5.23. The van der Waals surface area contributed by atoms with Gasteiger partial charge in [0.15, 0.2) is 5.96 Å². The minimum atomic E-state index is -4.89. The van der Waals surface area contributed by atoms with Crippen molar-refractivity contribution in [3.05, 3.63) is 48.5 Å². The molecule has 130 valence electrons. The van der Waals surface area contributed by atoms with E-state index in [1.165, 1.54) is 19.4 Å².